The number of oxazole rings is 1. The molecule has 4 aromatic rings. The summed E-state index contributed by atoms with van der Waals surface area (Å²) in [6.07, 6.45) is 3.52. The summed E-state index contributed by atoms with van der Waals surface area (Å²) in [6, 6.07) is 11.7. The number of piperidine rings is 1. The van der Waals surface area contributed by atoms with E-state index in [0.29, 0.717) is 23.3 Å². The molecule has 0 aliphatic carbocycles. The maximum atomic E-state index is 5.94. The molecular weight excluding hydrogens is 342 g/mol. The maximum Gasteiger partial charge on any atom is 0.246 e. The van der Waals surface area contributed by atoms with Crippen molar-refractivity contribution in [3.63, 3.8) is 0 Å². The Kier molecular flexibility index (Phi) is 3.85. The first kappa shape index (κ1) is 16.0. The molecule has 0 N–H and O–H groups in total. The molecule has 1 aromatic carbocycles. The molecular formula is C20H19N5O2. The third-order valence-corrected chi connectivity index (χ3v) is 4.98. The number of benzene rings is 1. The van der Waals surface area contributed by atoms with Crippen molar-refractivity contribution >= 4 is 17.0 Å². The van der Waals surface area contributed by atoms with Gasteiger partial charge in [0.05, 0.1) is 6.20 Å². The fraction of sp³-hybridized carbons (Fsp3) is 0.300. The van der Waals surface area contributed by atoms with Crippen LogP contribution < -0.4 is 4.90 Å². The number of anilines is 1. The van der Waals surface area contributed by atoms with Gasteiger partial charge in [0.2, 0.25) is 5.95 Å². The Morgan fingerprint density at radius 1 is 1.00 bits per heavy atom. The highest BCUT2D eigenvalue weighted by Crippen LogP contribution is 2.31. The topological polar surface area (TPSA) is 81.1 Å². The molecule has 3 aromatic heterocycles. The molecule has 1 aliphatic rings. The average molecular weight is 361 g/mol. The fourth-order valence-corrected chi connectivity index (χ4v) is 3.51. The number of aryl methyl sites for hydroxylation is 1. The van der Waals surface area contributed by atoms with Crippen molar-refractivity contribution in [2.24, 2.45) is 0 Å². The zero-order valence-corrected chi connectivity index (χ0v) is 15.0. The monoisotopic (exact) mass is 361 g/mol. The molecule has 1 fully saturated rings. The molecule has 0 spiro atoms. The fourth-order valence-electron chi connectivity index (χ4n) is 3.51. The van der Waals surface area contributed by atoms with Crippen LogP contribution in [0, 0.1) is 6.92 Å². The highest BCUT2D eigenvalue weighted by Gasteiger charge is 2.26. The van der Waals surface area contributed by atoms with E-state index in [0.717, 1.165) is 48.7 Å². The van der Waals surface area contributed by atoms with Gasteiger partial charge in [0, 0.05) is 19.0 Å². The summed E-state index contributed by atoms with van der Waals surface area (Å²) in [4.78, 5) is 11.4. The van der Waals surface area contributed by atoms with Crippen molar-refractivity contribution in [1.82, 2.24) is 20.2 Å². The van der Waals surface area contributed by atoms with E-state index in [1.54, 1.807) is 6.20 Å². The third kappa shape index (κ3) is 3.05. The van der Waals surface area contributed by atoms with Crippen molar-refractivity contribution in [2.75, 3.05) is 18.0 Å². The van der Waals surface area contributed by atoms with Crippen LogP contribution in [0.2, 0.25) is 0 Å². The molecule has 0 saturated carbocycles. The molecule has 4 heterocycles. The molecule has 0 radical (unpaired) electrons. The van der Waals surface area contributed by atoms with Gasteiger partial charge < -0.3 is 13.7 Å². The van der Waals surface area contributed by atoms with Gasteiger partial charge in [-0.05, 0) is 44.0 Å². The van der Waals surface area contributed by atoms with Gasteiger partial charge in [0.1, 0.15) is 17.0 Å². The summed E-state index contributed by atoms with van der Waals surface area (Å²) in [7, 11) is 0. The van der Waals surface area contributed by atoms with E-state index in [1.807, 2.05) is 43.3 Å². The number of rotatable bonds is 3. The lowest BCUT2D eigenvalue weighted by molar-refractivity contribution is 0.405. The van der Waals surface area contributed by atoms with Crippen molar-refractivity contribution in [3.8, 4) is 11.5 Å². The van der Waals surface area contributed by atoms with Crippen LogP contribution in [0.25, 0.3) is 22.6 Å². The van der Waals surface area contributed by atoms with Crippen LogP contribution in [-0.2, 0) is 0 Å². The molecule has 0 amide bonds. The Hall–Kier alpha value is -3.22. The van der Waals surface area contributed by atoms with Crippen LogP contribution in [0.4, 0.5) is 5.95 Å². The van der Waals surface area contributed by atoms with Gasteiger partial charge in [0.15, 0.2) is 17.2 Å². The second-order valence-corrected chi connectivity index (χ2v) is 6.83. The van der Waals surface area contributed by atoms with E-state index in [9.17, 15) is 0 Å². The Balaban J connectivity index is 1.31. The number of hydrogen-bond donors (Lipinski definition) is 0. The van der Waals surface area contributed by atoms with Gasteiger partial charge >= 0.3 is 0 Å². The molecule has 5 rings (SSSR count). The minimum Gasteiger partial charge on any atom is -0.460 e. The maximum absolute atomic E-state index is 5.94. The zero-order valence-electron chi connectivity index (χ0n) is 15.0. The molecule has 27 heavy (non-hydrogen) atoms. The van der Waals surface area contributed by atoms with Gasteiger partial charge in [-0.25, -0.2) is 9.97 Å². The van der Waals surface area contributed by atoms with Crippen LogP contribution in [0.1, 0.15) is 30.4 Å². The molecule has 1 saturated heterocycles. The van der Waals surface area contributed by atoms with Gasteiger partial charge in [-0.1, -0.05) is 12.1 Å². The number of aromatic nitrogens is 4. The van der Waals surface area contributed by atoms with E-state index >= 15 is 0 Å². The van der Waals surface area contributed by atoms with Crippen LogP contribution in [0.3, 0.4) is 0 Å². The number of para-hydroxylation sites is 2. The quantitative estimate of drug-likeness (QED) is 0.546. The van der Waals surface area contributed by atoms with Gasteiger partial charge in [0.25, 0.3) is 0 Å². The van der Waals surface area contributed by atoms with E-state index in [1.165, 1.54) is 0 Å². The van der Waals surface area contributed by atoms with Crippen LogP contribution in [0.15, 0.2) is 51.4 Å². The molecule has 0 unspecified atom stereocenters. The molecule has 1 aliphatic heterocycles. The SMILES string of the molecule is Cc1ccc(-c2cnnc(N3CCC(c4nc5ccccc5o4)CC3)n2)o1. The normalized spacial score (nSPS) is 15.5. The highest BCUT2D eigenvalue weighted by molar-refractivity contribution is 5.72. The summed E-state index contributed by atoms with van der Waals surface area (Å²) < 4.78 is 11.6. The lowest BCUT2D eigenvalue weighted by atomic mass is 9.97. The Morgan fingerprint density at radius 3 is 2.63 bits per heavy atom. The van der Waals surface area contributed by atoms with Crippen molar-refractivity contribution in [1.29, 1.82) is 0 Å². The van der Waals surface area contributed by atoms with E-state index in [-0.39, 0.29) is 0 Å². The second kappa shape index (κ2) is 6.50. The van der Waals surface area contributed by atoms with Gasteiger partial charge in [-0.2, -0.15) is 5.10 Å². The van der Waals surface area contributed by atoms with E-state index in [4.69, 9.17) is 8.83 Å². The number of hydrogen-bond acceptors (Lipinski definition) is 7. The Morgan fingerprint density at radius 2 is 1.85 bits per heavy atom. The first-order chi connectivity index (χ1) is 13.3. The summed E-state index contributed by atoms with van der Waals surface area (Å²) in [5.74, 6) is 3.35. The largest absolute Gasteiger partial charge is 0.460 e. The zero-order chi connectivity index (χ0) is 18.2. The van der Waals surface area contributed by atoms with Gasteiger partial charge in [-0.3, -0.25) is 0 Å². The smallest absolute Gasteiger partial charge is 0.246 e. The highest BCUT2D eigenvalue weighted by atomic mass is 16.3. The molecule has 7 heteroatoms. The second-order valence-electron chi connectivity index (χ2n) is 6.83. The van der Waals surface area contributed by atoms with E-state index < -0.39 is 0 Å². The minimum atomic E-state index is 0.317. The van der Waals surface area contributed by atoms with Crippen molar-refractivity contribution in [2.45, 2.75) is 25.7 Å². The summed E-state index contributed by atoms with van der Waals surface area (Å²) in [5.41, 5.74) is 2.47. The van der Waals surface area contributed by atoms with E-state index in [2.05, 4.69) is 25.1 Å². The number of fused-ring (bicyclic) bond motifs is 1. The van der Waals surface area contributed by atoms with Crippen molar-refractivity contribution in [3.05, 3.63) is 54.2 Å². The van der Waals surface area contributed by atoms with Crippen LogP contribution in [-0.4, -0.2) is 33.3 Å². The predicted octanol–water partition coefficient (Wildman–Crippen LogP) is 3.97. The summed E-state index contributed by atoms with van der Waals surface area (Å²) >= 11 is 0. The minimum absolute atomic E-state index is 0.317. The number of furan rings is 1. The molecule has 7 nitrogen and oxygen atoms in total. The Bertz CT molecular complexity index is 1050. The van der Waals surface area contributed by atoms with Crippen LogP contribution >= 0.6 is 0 Å². The van der Waals surface area contributed by atoms with Crippen molar-refractivity contribution < 1.29 is 8.83 Å². The first-order valence-corrected chi connectivity index (χ1v) is 9.13. The molecule has 0 bridgehead atoms. The standard InChI is InChI=1S/C20H19N5O2/c1-13-6-7-18(26-13)16-12-21-24-20(23-16)25-10-8-14(9-11-25)19-22-15-4-2-3-5-17(15)27-19/h2-7,12,14H,8-11H2,1H3. The van der Waals surface area contributed by atoms with Gasteiger partial charge in [-0.15, -0.1) is 5.10 Å². The molecule has 0 atom stereocenters. The Labute approximate surface area is 156 Å². The first-order valence-electron chi connectivity index (χ1n) is 9.13. The average Bonchev–Trinajstić information content (AvgIpc) is 3.34. The lowest BCUT2D eigenvalue weighted by Crippen LogP contribution is -2.34. The van der Waals surface area contributed by atoms with Crippen LogP contribution in [0.5, 0.6) is 0 Å². The predicted molar refractivity (Wildman–Crippen MR) is 100 cm³/mol. The third-order valence-electron chi connectivity index (χ3n) is 4.98. The molecule has 136 valence electrons. The summed E-state index contributed by atoms with van der Waals surface area (Å²) in [6.45, 7) is 3.59. The number of nitrogens with zero attached hydrogens (tertiary/aromatic N) is 5. The lowest BCUT2D eigenvalue weighted by Gasteiger charge is -2.30. The summed E-state index contributed by atoms with van der Waals surface area (Å²) in [5, 5.41) is 8.32.